The summed E-state index contributed by atoms with van der Waals surface area (Å²) in [5.41, 5.74) is 5.64. The van der Waals surface area contributed by atoms with Gasteiger partial charge in [0.05, 0.1) is 0 Å². The Morgan fingerprint density at radius 2 is 1.67 bits per heavy atom. The monoisotopic (exact) mass is 366 g/mol. The molecule has 2 heteroatoms. The quantitative estimate of drug-likeness (QED) is 0.556. The first-order valence-corrected chi connectivity index (χ1v) is 10.6. The Hall–Kier alpha value is -1.70. The van der Waals surface area contributed by atoms with Crippen molar-refractivity contribution in [2.75, 3.05) is 0 Å². The highest BCUT2D eigenvalue weighted by Crippen LogP contribution is 2.48. The topological polar surface area (TPSA) is 18.5 Å². The van der Waals surface area contributed by atoms with E-state index in [1.807, 2.05) is 0 Å². The number of hydrogen-bond acceptors (Lipinski definition) is 2. The molecule has 2 atom stereocenters. The Kier molecular flexibility index (Phi) is 4.44. The minimum absolute atomic E-state index is 0.0125. The highest BCUT2D eigenvalue weighted by atomic mass is 16.6. The van der Waals surface area contributed by atoms with Crippen molar-refractivity contribution in [3.63, 3.8) is 0 Å². The van der Waals surface area contributed by atoms with Crippen molar-refractivity contribution < 1.29 is 9.47 Å². The normalized spacial score (nSPS) is 25.0. The van der Waals surface area contributed by atoms with Crippen molar-refractivity contribution in [1.82, 2.24) is 0 Å². The van der Waals surface area contributed by atoms with E-state index in [1.165, 1.54) is 48.0 Å². The minimum Gasteiger partial charge on any atom is -0.482 e. The van der Waals surface area contributed by atoms with E-state index in [0.29, 0.717) is 0 Å². The van der Waals surface area contributed by atoms with Crippen molar-refractivity contribution in [1.29, 1.82) is 0 Å². The predicted octanol–water partition coefficient (Wildman–Crippen LogP) is 6.62. The molecule has 0 radical (unpaired) electrons. The zero-order chi connectivity index (χ0) is 19.4. The van der Waals surface area contributed by atoms with Crippen LogP contribution in [0.2, 0.25) is 0 Å². The lowest BCUT2D eigenvalue weighted by Gasteiger charge is -2.35. The van der Waals surface area contributed by atoms with E-state index < -0.39 is 0 Å². The van der Waals surface area contributed by atoms with Gasteiger partial charge in [-0.1, -0.05) is 53.7 Å². The van der Waals surface area contributed by atoms with E-state index in [-0.39, 0.29) is 23.0 Å². The molecule has 1 aromatic carbocycles. The van der Waals surface area contributed by atoms with Crippen LogP contribution in [0.15, 0.2) is 35.4 Å². The summed E-state index contributed by atoms with van der Waals surface area (Å²) in [5.74, 6) is 1.88. The Balaban J connectivity index is 1.70. The predicted molar refractivity (Wildman–Crippen MR) is 112 cm³/mol. The summed E-state index contributed by atoms with van der Waals surface area (Å²) in [6.07, 6.45) is 10.9. The van der Waals surface area contributed by atoms with E-state index in [9.17, 15) is 0 Å². The summed E-state index contributed by atoms with van der Waals surface area (Å²) < 4.78 is 13.1. The van der Waals surface area contributed by atoms with Gasteiger partial charge in [0.2, 0.25) is 0 Å². The van der Waals surface area contributed by atoms with E-state index in [0.717, 1.165) is 17.9 Å². The van der Waals surface area contributed by atoms with Crippen molar-refractivity contribution in [3.8, 4) is 11.5 Å². The molecule has 2 aliphatic carbocycles. The molecular formula is C25H34O2. The van der Waals surface area contributed by atoms with Crippen LogP contribution >= 0.6 is 0 Å². The third-order valence-corrected chi connectivity index (χ3v) is 6.12. The highest BCUT2D eigenvalue weighted by Gasteiger charge is 2.39. The third-order valence-electron chi connectivity index (χ3n) is 6.12. The van der Waals surface area contributed by atoms with Crippen LogP contribution in [0.5, 0.6) is 11.5 Å². The van der Waals surface area contributed by atoms with Crippen molar-refractivity contribution >= 4 is 0 Å². The van der Waals surface area contributed by atoms with Gasteiger partial charge in [0.25, 0.3) is 0 Å². The largest absolute Gasteiger partial charge is 0.482 e. The molecule has 3 aliphatic rings. The van der Waals surface area contributed by atoms with Crippen LogP contribution in [0.1, 0.15) is 84.8 Å². The number of ether oxygens (including phenoxy) is 2. The van der Waals surface area contributed by atoms with Crippen LogP contribution < -0.4 is 9.47 Å². The van der Waals surface area contributed by atoms with E-state index in [1.54, 1.807) is 0 Å². The first-order chi connectivity index (χ1) is 12.6. The first-order valence-electron chi connectivity index (χ1n) is 10.6. The van der Waals surface area contributed by atoms with E-state index in [4.69, 9.17) is 9.47 Å². The molecular weight excluding hydrogens is 332 g/mol. The first kappa shape index (κ1) is 18.7. The molecule has 0 amide bonds. The van der Waals surface area contributed by atoms with Gasteiger partial charge in [0, 0.05) is 12.0 Å². The van der Waals surface area contributed by atoms with Gasteiger partial charge in [-0.3, -0.25) is 0 Å². The molecule has 0 saturated heterocycles. The van der Waals surface area contributed by atoms with Crippen LogP contribution in [0.25, 0.3) is 0 Å². The molecule has 0 N–H and O–H groups in total. The van der Waals surface area contributed by atoms with Gasteiger partial charge in [-0.15, -0.1) is 0 Å². The average Bonchev–Trinajstić information content (AvgIpc) is 3.00. The third kappa shape index (κ3) is 3.56. The molecule has 1 aromatic rings. The maximum absolute atomic E-state index is 6.57. The van der Waals surface area contributed by atoms with Crippen molar-refractivity contribution in [2.24, 2.45) is 0 Å². The van der Waals surface area contributed by atoms with Crippen LogP contribution in [0, 0.1) is 0 Å². The summed E-state index contributed by atoms with van der Waals surface area (Å²) in [6, 6.07) is 4.53. The van der Waals surface area contributed by atoms with E-state index >= 15 is 0 Å². The smallest absolute Gasteiger partial charge is 0.166 e. The van der Waals surface area contributed by atoms with Crippen LogP contribution in [0.3, 0.4) is 0 Å². The minimum atomic E-state index is 0.0125. The molecule has 0 aromatic heterocycles. The molecule has 146 valence electrons. The van der Waals surface area contributed by atoms with Crippen molar-refractivity contribution in [2.45, 2.75) is 96.7 Å². The zero-order valence-corrected chi connectivity index (χ0v) is 17.8. The number of benzene rings is 1. The summed E-state index contributed by atoms with van der Waals surface area (Å²) in [6.45, 7) is 13.6. The van der Waals surface area contributed by atoms with Gasteiger partial charge in [-0.05, 0) is 65.4 Å². The maximum atomic E-state index is 6.57. The lowest BCUT2D eigenvalue weighted by atomic mass is 9.79. The van der Waals surface area contributed by atoms with Gasteiger partial charge in [0.15, 0.2) is 17.6 Å². The lowest BCUT2D eigenvalue weighted by molar-refractivity contribution is 0.0563. The van der Waals surface area contributed by atoms with Gasteiger partial charge < -0.3 is 9.47 Å². The summed E-state index contributed by atoms with van der Waals surface area (Å²) >= 11 is 0. The summed E-state index contributed by atoms with van der Waals surface area (Å²) in [5, 5.41) is 0. The zero-order valence-electron chi connectivity index (χ0n) is 17.8. The average molecular weight is 367 g/mol. The Morgan fingerprint density at radius 3 is 2.30 bits per heavy atom. The maximum Gasteiger partial charge on any atom is 0.166 e. The second kappa shape index (κ2) is 6.43. The summed E-state index contributed by atoms with van der Waals surface area (Å²) in [7, 11) is 0. The number of hydrogen-bond donors (Lipinski definition) is 0. The second-order valence-electron chi connectivity index (χ2n) is 10.5. The molecule has 27 heavy (non-hydrogen) atoms. The summed E-state index contributed by atoms with van der Waals surface area (Å²) in [4.78, 5) is 0. The molecule has 1 aliphatic heterocycles. The van der Waals surface area contributed by atoms with Crippen LogP contribution in [-0.2, 0) is 10.8 Å². The van der Waals surface area contributed by atoms with Gasteiger partial charge >= 0.3 is 0 Å². The molecule has 4 rings (SSSR count). The number of allylic oxidation sites excluding steroid dienone is 2. The Morgan fingerprint density at radius 1 is 0.889 bits per heavy atom. The fourth-order valence-electron chi connectivity index (χ4n) is 4.39. The van der Waals surface area contributed by atoms with Gasteiger partial charge in [-0.25, -0.2) is 0 Å². The fraction of sp³-hybridized carbons (Fsp3) is 0.600. The molecule has 0 saturated carbocycles. The van der Waals surface area contributed by atoms with Gasteiger partial charge in [-0.2, -0.15) is 0 Å². The molecule has 0 unspecified atom stereocenters. The highest BCUT2D eigenvalue weighted by molar-refractivity contribution is 5.55. The molecule has 0 bridgehead atoms. The van der Waals surface area contributed by atoms with Crippen LogP contribution in [-0.4, -0.2) is 12.2 Å². The molecule has 0 spiro atoms. The Bertz CT molecular complexity index is 799. The fourth-order valence-corrected chi connectivity index (χ4v) is 4.39. The molecule has 0 fully saturated rings. The van der Waals surface area contributed by atoms with Crippen LogP contribution in [0.4, 0.5) is 0 Å². The Labute approximate surface area is 164 Å². The number of fused-ring (bicyclic) bond motifs is 2. The number of rotatable bonds is 1. The molecule has 1 heterocycles. The standard InChI is InChI=1S/C25H34O2/c1-24(2,3)18-14-19(25(4,5)6)23-22(15-18)26-20-12-17(13-21(20)27-23)16-10-8-7-9-11-16/h10,13-15,20-21H,7-9,11-12H2,1-6H3/t20-,21+/m0/s1. The molecule has 2 nitrogen and oxygen atoms in total. The lowest BCUT2D eigenvalue weighted by Crippen LogP contribution is -2.36. The SMILES string of the molecule is CC(C)(C)c1cc2c(c(C(C)(C)C)c1)O[C@@H]1C=C(C3=CCCCC3)C[C@@H]1O2. The van der Waals surface area contributed by atoms with Crippen molar-refractivity contribution in [3.05, 3.63) is 46.6 Å². The second-order valence-corrected chi connectivity index (χ2v) is 10.5. The van der Waals surface area contributed by atoms with Gasteiger partial charge in [0.1, 0.15) is 6.10 Å². The van der Waals surface area contributed by atoms with E-state index in [2.05, 4.69) is 65.8 Å².